The van der Waals surface area contributed by atoms with E-state index in [1.165, 1.54) is 0 Å². The third-order valence-corrected chi connectivity index (χ3v) is 3.48. The maximum absolute atomic E-state index is 12.2. The van der Waals surface area contributed by atoms with Gasteiger partial charge in [-0.25, -0.2) is 4.79 Å². The van der Waals surface area contributed by atoms with Crippen LogP contribution < -0.4 is 22.1 Å². The summed E-state index contributed by atoms with van der Waals surface area (Å²) in [5.41, 5.74) is 12.1. The molecule has 2 unspecified atom stereocenters. The number of benzene rings is 1. The first-order chi connectivity index (χ1) is 9.54. The first kappa shape index (κ1) is 14.3. The lowest BCUT2D eigenvalue weighted by atomic mass is 9.85. The molecule has 0 saturated heterocycles. The van der Waals surface area contributed by atoms with Crippen molar-refractivity contribution in [1.29, 1.82) is 0 Å². The number of hydrogen-bond donors (Lipinski definition) is 4. The lowest BCUT2D eigenvalue weighted by molar-refractivity contribution is -0.120. The normalized spacial score (nSPS) is 22.1. The molecule has 1 aliphatic carbocycles. The summed E-state index contributed by atoms with van der Waals surface area (Å²) < 4.78 is 0. The molecule has 6 heteroatoms. The van der Waals surface area contributed by atoms with Gasteiger partial charge in [0.2, 0.25) is 5.91 Å². The topological polar surface area (TPSA) is 110 Å². The number of primary amides is 1. The van der Waals surface area contributed by atoms with Gasteiger partial charge in [0.1, 0.15) is 0 Å². The highest BCUT2D eigenvalue weighted by atomic mass is 16.2. The molecule has 0 radical (unpaired) electrons. The highest BCUT2D eigenvalue weighted by molar-refractivity contribution is 5.94. The van der Waals surface area contributed by atoms with E-state index in [0.29, 0.717) is 11.4 Å². The zero-order chi connectivity index (χ0) is 14.5. The van der Waals surface area contributed by atoms with E-state index < -0.39 is 6.03 Å². The van der Waals surface area contributed by atoms with E-state index in [-0.39, 0.29) is 17.9 Å². The van der Waals surface area contributed by atoms with Gasteiger partial charge >= 0.3 is 6.03 Å². The van der Waals surface area contributed by atoms with Crippen LogP contribution in [0.5, 0.6) is 0 Å². The second-order valence-corrected chi connectivity index (χ2v) is 5.18. The third kappa shape index (κ3) is 3.96. The van der Waals surface area contributed by atoms with E-state index in [4.69, 9.17) is 11.5 Å². The largest absolute Gasteiger partial charge is 0.351 e. The summed E-state index contributed by atoms with van der Waals surface area (Å²) in [4.78, 5) is 23.0. The van der Waals surface area contributed by atoms with Crippen LogP contribution in [0.15, 0.2) is 24.3 Å². The second kappa shape index (κ2) is 6.38. The molecular weight excluding hydrogens is 256 g/mol. The molecule has 2 rings (SSSR count). The average molecular weight is 276 g/mol. The molecule has 108 valence electrons. The number of urea groups is 1. The van der Waals surface area contributed by atoms with Crippen molar-refractivity contribution in [1.82, 2.24) is 0 Å². The van der Waals surface area contributed by atoms with Crippen LogP contribution in [0.4, 0.5) is 16.2 Å². The van der Waals surface area contributed by atoms with Gasteiger partial charge in [-0.15, -0.1) is 0 Å². The summed E-state index contributed by atoms with van der Waals surface area (Å²) in [5.74, 6) is -0.0529. The summed E-state index contributed by atoms with van der Waals surface area (Å²) in [7, 11) is 0. The number of anilines is 2. The monoisotopic (exact) mass is 276 g/mol. The van der Waals surface area contributed by atoms with Gasteiger partial charge < -0.3 is 22.1 Å². The smallest absolute Gasteiger partial charge is 0.316 e. The SMILES string of the molecule is NC(=O)Nc1cccc(NC(=O)C2CCCC(N)C2)c1. The van der Waals surface area contributed by atoms with Gasteiger partial charge in [0, 0.05) is 23.3 Å². The molecule has 3 amide bonds. The lowest BCUT2D eigenvalue weighted by Crippen LogP contribution is -2.34. The van der Waals surface area contributed by atoms with Crippen molar-refractivity contribution < 1.29 is 9.59 Å². The zero-order valence-electron chi connectivity index (χ0n) is 11.3. The summed E-state index contributed by atoms with van der Waals surface area (Å²) >= 11 is 0. The Morgan fingerprint density at radius 3 is 2.50 bits per heavy atom. The van der Waals surface area contributed by atoms with Crippen LogP contribution in [-0.2, 0) is 4.79 Å². The molecule has 1 aromatic rings. The van der Waals surface area contributed by atoms with E-state index in [0.717, 1.165) is 25.7 Å². The first-order valence-electron chi connectivity index (χ1n) is 6.77. The molecule has 0 aliphatic heterocycles. The second-order valence-electron chi connectivity index (χ2n) is 5.18. The molecule has 6 nitrogen and oxygen atoms in total. The number of hydrogen-bond acceptors (Lipinski definition) is 3. The molecule has 2 atom stereocenters. The van der Waals surface area contributed by atoms with E-state index in [1.54, 1.807) is 24.3 Å². The fourth-order valence-corrected chi connectivity index (χ4v) is 2.53. The number of carbonyl (C=O) groups is 2. The molecule has 1 saturated carbocycles. The quantitative estimate of drug-likeness (QED) is 0.673. The lowest BCUT2D eigenvalue weighted by Gasteiger charge is -2.25. The molecule has 0 aromatic heterocycles. The third-order valence-electron chi connectivity index (χ3n) is 3.48. The van der Waals surface area contributed by atoms with E-state index in [2.05, 4.69) is 10.6 Å². The van der Waals surface area contributed by atoms with Gasteiger partial charge in [-0.3, -0.25) is 4.79 Å². The van der Waals surface area contributed by atoms with Crippen LogP contribution in [0, 0.1) is 5.92 Å². The summed E-state index contributed by atoms with van der Waals surface area (Å²) in [5, 5.41) is 5.33. The van der Waals surface area contributed by atoms with E-state index >= 15 is 0 Å². The van der Waals surface area contributed by atoms with Crippen LogP contribution in [0.3, 0.4) is 0 Å². The number of rotatable bonds is 3. The van der Waals surface area contributed by atoms with Crippen molar-refractivity contribution in [2.75, 3.05) is 10.6 Å². The Hall–Kier alpha value is -2.08. The average Bonchev–Trinajstić information content (AvgIpc) is 2.38. The molecule has 6 N–H and O–H groups in total. The van der Waals surface area contributed by atoms with Crippen molar-refractivity contribution in [3.63, 3.8) is 0 Å². The molecule has 20 heavy (non-hydrogen) atoms. The van der Waals surface area contributed by atoms with Crippen molar-refractivity contribution in [2.24, 2.45) is 17.4 Å². The standard InChI is InChI=1S/C14H20N4O2/c15-10-4-1-3-9(7-10)13(19)17-11-5-2-6-12(8-11)18-14(16)20/h2,5-6,8-10H,1,3-4,7,15H2,(H,17,19)(H3,16,18,20). The maximum atomic E-state index is 12.2. The predicted molar refractivity (Wildman–Crippen MR) is 78.2 cm³/mol. The van der Waals surface area contributed by atoms with Crippen molar-refractivity contribution in [3.8, 4) is 0 Å². The van der Waals surface area contributed by atoms with Gasteiger partial charge in [0.05, 0.1) is 0 Å². The van der Waals surface area contributed by atoms with Gasteiger partial charge in [-0.1, -0.05) is 12.5 Å². The number of amides is 3. The minimum absolute atomic E-state index is 0.0172. The van der Waals surface area contributed by atoms with Crippen LogP contribution in [0.25, 0.3) is 0 Å². The molecule has 0 heterocycles. The zero-order valence-corrected chi connectivity index (χ0v) is 11.3. The van der Waals surface area contributed by atoms with Gasteiger partial charge in [-0.2, -0.15) is 0 Å². The summed E-state index contributed by atoms with van der Waals surface area (Å²) in [6, 6.07) is 6.37. The van der Waals surface area contributed by atoms with Crippen molar-refractivity contribution >= 4 is 23.3 Å². The summed E-state index contributed by atoms with van der Waals surface area (Å²) in [6.07, 6.45) is 3.58. The first-order valence-corrected chi connectivity index (χ1v) is 6.77. The molecule has 0 bridgehead atoms. The molecule has 1 fully saturated rings. The Kier molecular flexibility index (Phi) is 4.57. The van der Waals surface area contributed by atoms with E-state index in [9.17, 15) is 9.59 Å². The molecular formula is C14H20N4O2. The van der Waals surface area contributed by atoms with Crippen molar-refractivity contribution in [3.05, 3.63) is 24.3 Å². The highest BCUT2D eigenvalue weighted by Gasteiger charge is 2.25. The molecule has 0 spiro atoms. The van der Waals surface area contributed by atoms with Gasteiger partial charge in [-0.05, 0) is 37.5 Å². The Morgan fingerprint density at radius 1 is 1.15 bits per heavy atom. The Bertz CT molecular complexity index is 504. The number of carbonyl (C=O) groups excluding carboxylic acids is 2. The minimum atomic E-state index is -0.633. The fraction of sp³-hybridized carbons (Fsp3) is 0.429. The Morgan fingerprint density at radius 2 is 1.85 bits per heavy atom. The minimum Gasteiger partial charge on any atom is -0.351 e. The van der Waals surface area contributed by atoms with Crippen LogP contribution >= 0.6 is 0 Å². The maximum Gasteiger partial charge on any atom is 0.316 e. The van der Waals surface area contributed by atoms with Gasteiger partial charge in [0.25, 0.3) is 0 Å². The highest BCUT2D eigenvalue weighted by Crippen LogP contribution is 2.25. The van der Waals surface area contributed by atoms with Crippen molar-refractivity contribution in [2.45, 2.75) is 31.7 Å². The Labute approximate surface area is 117 Å². The van der Waals surface area contributed by atoms with Crippen LogP contribution in [0.2, 0.25) is 0 Å². The number of nitrogens with one attached hydrogen (secondary N) is 2. The predicted octanol–water partition coefficient (Wildman–Crippen LogP) is 1.63. The van der Waals surface area contributed by atoms with E-state index in [1.807, 2.05) is 0 Å². The van der Waals surface area contributed by atoms with Crippen LogP contribution in [0.1, 0.15) is 25.7 Å². The summed E-state index contributed by atoms with van der Waals surface area (Å²) in [6.45, 7) is 0. The Balaban J connectivity index is 1.98. The van der Waals surface area contributed by atoms with Gasteiger partial charge in [0.15, 0.2) is 0 Å². The van der Waals surface area contributed by atoms with Crippen LogP contribution in [-0.4, -0.2) is 18.0 Å². The molecule has 1 aromatic carbocycles. The number of nitrogens with two attached hydrogens (primary N) is 2. The molecule has 1 aliphatic rings. The fourth-order valence-electron chi connectivity index (χ4n) is 2.53.